The van der Waals surface area contributed by atoms with Crippen LogP contribution in [0.25, 0.3) is 0 Å². The van der Waals surface area contributed by atoms with Crippen LogP contribution in [0.5, 0.6) is 5.75 Å². The number of likely N-dealkylation sites (tertiary alicyclic amines) is 1. The van der Waals surface area contributed by atoms with Gasteiger partial charge in [0.15, 0.2) is 0 Å². The summed E-state index contributed by atoms with van der Waals surface area (Å²) >= 11 is 5.97. The molecule has 0 bridgehead atoms. The summed E-state index contributed by atoms with van der Waals surface area (Å²) in [5, 5.41) is 11.5. The second kappa shape index (κ2) is 8.76. The number of carbonyl (C=O) groups is 1. The maximum atomic E-state index is 12.7. The predicted molar refractivity (Wildman–Crippen MR) is 104 cm³/mol. The summed E-state index contributed by atoms with van der Waals surface area (Å²) in [4.78, 5) is 18.8. The summed E-state index contributed by atoms with van der Waals surface area (Å²) in [6.07, 6.45) is 6.18. The number of benzene rings is 1. The smallest absolute Gasteiger partial charge is 0.242 e. The lowest BCUT2D eigenvalue weighted by atomic mass is 9.96. The third-order valence-corrected chi connectivity index (χ3v) is 5.23. The Morgan fingerprint density at radius 1 is 1.37 bits per heavy atom. The van der Waals surface area contributed by atoms with E-state index in [1.807, 2.05) is 34.7 Å². The topological polar surface area (TPSA) is 67.6 Å². The molecule has 3 rings (SSSR count). The van der Waals surface area contributed by atoms with Crippen LogP contribution >= 0.6 is 11.6 Å². The van der Waals surface area contributed by atoms with Crippen LogP contribution < -0.4 is 4.74 Å². The molecule has 2 heterocycles. The Morgan fingerprint density at radius 2 is 2.22 bits per heavy atom. The molecule has 0 radical (unpaired) electrons. The van der Waals surface area contributed by atoms with E-state index in [1.54, 1.807) is 18.3 Å². The number of ether oxygens (including phenoxy) is 1. The molecule has 27 heavy (non-hydrogen) atoms. The largest absolute Gasteiger partial charge is 0.491 e. The Bertz CT molecular complexity index is 779. The van der Waals surface area contributed by atoms with Crippen molar-refractivity contribution in [3.63, 3.8) is 0 Å². The molecule has 1 N–H and O–H groups in total. The highest BCUT2D eigenvalue weighted by atomic mass is 35.5. The molecule has 0 saturated carbocycles. The minimum atomic E-state index is -0.944. The highest BCUT2D eigenvalue weighted by Gasteiger charge is 2.32. The van der Waals surface area contributed by atoms with Crippen LogP contribution in [0.4, 0.5) is 0 Å². The first kappa shape index (κ1) is 19.7. The van der Waals surface area contributed by atoms with Crippen molar-refractivity contribution in [2.24, 2.45) is 0 Å². The number of nitrogens with zero attached hydrogens (tertiary/aromatic N) is 3. The Morgan fingerprint density at radius 3 is 3.00 bits per heavy atom. The first-order valence-electron chi connectivity index (χ1n) is 9.37. The van der Waals surface area contributed by atoms with E-state index in [0.29, 0.717) is 43.2 Å². The zero-order valence-electron chi connectivity index (χ0n) is 15.6. The molecule has 0 spiro atoms. The molecule has 1 aliphatic rings. The van der Waals surface area contributed by atoms with Crippen LogP contribution in [0.2, 0.25) is 5.02 Å². The molecule has 2 aromatic rings. The molecule has 1 aromatic heterocycles. The molecular formula is C20H26ClN3O3. The molecule has 1 saturated heterocycles. The van der Waals surface area contributed by atoms with E-state index < -0.39 is 5.60 Å². The minimum Gasteiger partial charge on any atom is -0.491 e. The van der Waals surface area contributed by atoms with Gasteiger partial charge in [0.1, 0.15) is 30.3 Å². The summed E-state index contributed by atoms with van der Waals surface area (Å²) in [7, 11) is 0. The number of amides is 1. The van der Waals surface area contributed by atoms with Crippen molar-refractivity contribution in [3.8, 4) is 5.75 Å². The van der Waals surface area contributed by atoms with Gasteiger partial charge in [0, 0.05) is 36.9 Å². The molecule has 1 aromatic carbocycles. The first-order chi connectivity index (χ1) is 13.0. The van der Waals surface area contributed by atoms with E-state index in [4.69, 9.17) is 16.3 Å². The van der Waals surface area contributed by atoms with Crippen molar-refractivity contribution < 1.29 is 14.6 Å². The maximum Gasteiger partial charge on any atom is 0.242 e. The molecule has 0 aliphatic carbocycles. The van der Waals surface area contributed by atoms with E-state index in [0.717, 1.165) is 18.7 Å². The van der Waals surface area contributed by atoms with Gasteiger partial charge in [-0.1, -0.05) is 24.6 Å². The average molecular weight is 392 g/mol. The number of imidazole rings is 1. The van der Waals surface area contributed by atoms with Gasteiger partial charge in [0.05, 0.1) is 0 Å². The number of rotatable bonds is 6. The van der Waals surface area contributed by atoms with Gasteiger partial charge in [-0.15, -0.1) is 0 Å². The molecule has 6 nitrogen and oxygen atoms in total. The van der Waals surface area contributed by atoms with Gasteiger partial charge in [-0.05, 0) is 37.5 Å². The molecule has 1 unspecified atom stereocenters. The van der Waals surface area contributed by atoms with Gasteiger partial charge < -0.3 is 19.3 Å². The van der Waals surface area contributed by atoms with Gasteiger partial charge >= 0.3 is 0 Å². The van der Waals surface area contributed by atoms with E-state index in [9.17, 15) is 9.90 Å². The lowest BCUT2D eigenvalue weighted by molar-refractivity contribution is -0.132. The fourth-order valence-electron chi connectivity index (χ4n) is 3.39. The normalized spacial score (nSPS) is 20.3. The van der Waals surface area contributed by atoms with Crippen molar-refractivity contribution in [1.82, 2.24) is 14.5 Å². The Kier molecular flexibility index (Phi) is 6.39. The number of aliphatic hydroxyl groups is 1. The molecule has 1 amide bonds. The number of hydrogen-bond acceptors (Lipinski definition) is 4. The van der Waals surface area contributed by atoms with Crippen LogP contribution in [0.1, 0.15) is 32.0 Å². The number of hydrogen-bond donors (Lipinski definition) is 1. The molecule has 1 atom stereocenters. The summed E-state index contributed by atoms with van der Waals surface area (Å²) in [6, 6.07) is 7.14. The number of halogens is 1. The van der Waals surface area contributed by atoms with Crippen molar-refractivity contribution >= 4 is 17.5 Å². The SMILES string of the molecule is CCc1nccn1CC(=O)N1CCCC(O)(COc2cccc(Cl)c2)CC1. The van der Waals surface area contributed by atoms with Crippen molar-refractivity contribution in [1.29, 1.82) is 0 Å². The Balaban J connectivity index is 1.55. The Labute approximate surface area is 164 Å². The number of aryl methyl sites for hydroxylation is 1. The van der Waals surface area contributed by atoms with Crippen molar-refractivity contribution in [2.45, 2.75) is 44.8 Å². The summed E-state index contributed by atoms with van der Waals surface area (Å²) < 4.78 is 7.64. The van der Waals surface area contributed by atoms with Crippen LogP contribution in [-0.2, 0) is 17.8 Å². The zero-order chi connectivity index (χ0) is 19.3. The van der Waals surface area contributed by atoms with Crippen LogP contribution in [0.15, 0.2) is 36.7 Å². The standard InChI is InChI=1S/C20H26ClN3O3/c1-2-18-22-9-12-24(18)14-19(25)23-10-4-7-20(26,8-11-23)15-27-17-6-3-5-16(21)13-17/h3,5-6,9,12-13,26H,2,4,7-8,10-11,14-15H2,1H3. The molecule has 146 valence electrons. The van der Waals surface area contributed by atoms with Crippen molar-refractivity contribution in [3.05, 3.63) is 47.5 Å². The second-order valence-electron chi connectivity index (χ2n) is 7.03. The van der Waals surface area contributed by atoms with E-state index in [2.05, 4.69) is 4.98 Å². The summed E-state index contributed by atoms with van der Waals surface area (Å²) in [6.45, 7) is 3.67. The fourth-order valence-corrected chi connectivity index (χ4v) is 3.57. The van der Waals surface area contributed by atoms with Crippen LogP contribution in [0.3, 0.4) is 0 Å². The number of carbonyl (C=O) groups excluding carboxylic acids is 1. The molecule has 7 heteroatoms. The van der Waals surface area contributed by atoms with Gasteiger partial charge in [0.2, 0.25) is 5.91 Å². The predicted octanol–water partition coefficient (Wildman–Crippen LogP) is 2.92. The minimum absolute atomic E-state index is 0.0581. The molecule has 1 fully saturated rings. The third-order valence-electron chi connectivity index (χ3n) is 5.00. The molecule has 1 aliphatic heterocycles. The third kappa shape index (κ3) is 5.23. The van der Waals surface area contributed by atoms with Gasteiger partial charge in [-0.3, -0.25) is 4.79 Å². The van der Waals surface area contributed by atoms with E-state index in [-0.39, 0.29) is 12.5 Å². The van der Waals surface area contributed by atoms with E-state index in [1.165, 1.54) is 0 Å². The quantitative estimate of drug-likeness (QED) is 0.822. The lowest BCUT2D eigenvalue weighted by Crippen LogP contribution is -2.39. The van der Waals surface area contributed by atoms with Gasteiger partial charge in [0.25, 0.3) is 0 Å². The number of aromatic nitrogens is 2. The lowest BCUT2D eigenvalue weighted by Gasteiger charge is -2.27. The van der Waals surface area contributed by atoms with E-state index >= 15 is 0 Å². The van der Waals surface area contributed by atoms with Gasteiger partial charge in [-0.25, -0.2) is 4.98 Å². The first-order valence-corrected chi connectivity index (χ1v) is 9.75. The maximum absolute atomic E-state index is 12.7. The fraction of sp³-hybridized carbons (Fsp3) is 0.500. The average Bonchev–Trinajstić information content (AvgIpc) is 3.00. The van der Waals surface area contributed by atoms with Crippen LogP contribution in [-0.4, -0.2) is 50.8 Å². The Hall–Kier alpha value is -2.05. The highest BCUT2D eigenvalue weighted by Crippen LogP contribution is 2.25. The summed E-state index contributed by atoms with van der Waals surface area (Å²) in [5.41, 5.74) is -0.944. The zero-order valence-corrected chi connectivity index (χ0v) is 16.4. The summed E-state index contributed by atoms with van der Waals surface area (Å²) in [5.74, 6) is 1.60. The van der Waals surface area contributed by atoms with Gasteiger partial charge in [-0.2, -0.15) is 0 Å². The molecular weight excluding hydrogens is 366 g/mol. The highest BCUT2D eigenvalue weighted by molar-refractivity contribution is 6.30. The second-order valence-corrected chi connectivity index (χ2v) is 7.47. The van der Waals surface area contributed by atoms with Crippen LogP contribution in [0, 0.1) is 0 Å². The van der Waals surface area contributed by atoms with Crippen molar-refractivity contribution in [2.75, 3.05) is 19.7 Å². The monoisotopic (exact) mass is 391 g/mol.